The summed E-state index contributed by atoms with van der Waals surface area (Å²) in [6, 6.07) is 4.21. The predicted molar refractivity (Wildman–Crippen MR) is 97.5 cm³/mol. The van der Waals surface area contributed by atoms with Gasteiger partial charge in [0, 0.05) is 15.1 Å². The fourth-order valence-corrected chi connectivity index (χ4v) is 3.91. The van der Waals surface area contributed by atoms with Crippen LogP contribution in [0.15, 0.2) is 26.6 Å². The largest absolute Gasteiger partial charge is 0.272 e. The van der Waals surface area contributed by atoms with Crippen molar-refractivity contribution in [2.24, 2.45) is 11.0 Å². The highest BCUT2D eigenvalue weighted by atomic mass is 79.9. The average Bonchev–Trinajstić information content (AvgIpc) is 2.49. The lowest BCUT2D eigenvalue weighted by Crippen LogP contribution is -2.25. The number of thioether (sulfide) groups is 1. The maximum Gasteiger partial charge on any atom is 0.250 e. The summed E-state index contributed by atoms with van der Waals surface area (Å²) in [7, 11) is 0. The highest BCUT2D eigenvalue weighted by molar-refractivity contribution is 9.10. The maximum atomic E-state index is 12.0. The lowest BCUT2D eigenvalue weighted by Gasteiger charge is -2.19. The number of hydrazone groups is 1. The molecule has 0 spiro atoms. The first-order valence-electron chi connectivity index (χ1n) is 7.72. The van der Waals surface area contributed by atoms with E-state index in [0.29, 0.717) is 11.7 Å². The Morgan fingerprint density at radius 1 is 1.36 bits per heavy atom. The molecule has 0 heterocycles. The molecule has 1 N–H and O–H groups in total. The summed E-state index contributed by atoms with van der Waals surface area (Å²) in [6.07, 6.45) is 4.65. The molecule has 22 heavy (non-hydrogen) atoms. The molecule has 1 amide bonds. The standard InChI is InChI=1S/C17H23BrN2OS/c1-11-6-4-5-7-15(11)19-20-17(21)10-22-16-9-12(2)14(18)8-13(16)3/h8-9,11H,4-7,10H2,1-3H3,(H,20,21)/b19-15-/t11-/m1/s1. The molecule has 1 aliphatic carbocycles. The monoisotopic (exact) mass is 382 g/mol. The molecule has 0 unspecified atom stereocenters. The van der Waals surface area contributed by atoms with E-state index in [-0.39, 0.29) is 5.91 Å². The quantitative estimate of drug-likeness (QED) is 0.597. The maximum absolute atomic E-state index is 12.0. The van der Waals surface area contributed by atoms with Crippen molar-refractivity contribution in [3.8, 4) is 0 Å². The van der Waals surface area contributed by atoms with Gasteiger partial charge in [-0.05, 0) is 62.3 Å². The zero-order valence-corrected chi connectivity index (χ0v) is 15.8. The van der Waals surface area contributed by atoms with Gasteiger partial charge in [-0.3, -0.25) is 4.79 Å². The van der Waals surface area contributed by atoms with Gasteiger partial charge >= 0.3 is 0 Å². The van der Waals surface area contributed by atoms with Crippen molar-refractivity contribution in [3.63, 3.8) is 0 Å². The number of nitrogens with one attached hydrogen (secondary N) is 1. The number of carbonyl (C=O) groups is 1. The van der Waals surface area contributed by atoms with Crippen LogP contribution >= 0.6 is 27.7 Å². The minimum atomic E-state index is -0.0322. The van der Waals surface area contributed by atoms with Crippen LogP contribution in [0.25, 0.3) is 0 Å². The molecular weight excluding hydrogens is 360 g/mol. The molecule has 5 heteroatoms. The fourth-order valence-electron chi connectivity index (χ4n) is 2.56. The third-order valence-corrected chi connectivity index (χ3v) is 6.04. The SMILES string of the molecule is Cc1cc(SCC(=O)N/N=C2/CCCC[C@H]2C)c(C)cc1Br. The summed E-state index contributed by atoms with van der Waals surface area (Å²) < 4.78 is 1.11. The number of amides is 1. The van der Waals surface area contributed by atoms with Gasteiger partial charge in [-0.15, -0.1) is 11.8 Å². The van der Waals surface area contributed by atoms with Crippen LogP contribution < -0.4 is 5.43 Å². The van der Waals surface area contributed by atoms with Gasteiger partial charge in [0.2, 0.25) is 5.91 Å². The molecule has 1 atom stereocenters. The Bertz CT molecular complexity index is 586. The molecule has 1 fully saturated rings. The predicted octanol–water partition coefficient (Wildman–Crippen LogP) is 4.84. The van der Waals surface area contributed by atoms with Crippen LogP contribution in [0, 0.1) is 19.8 Å². The van der Waals surface area contributed by atoms with Crippen molar-refractivity contribution in [2.75, 3.05) is 5.75 Å². The lowest BCUT2D eigenvalue weighted by molar-refractivity contribution is -0.118. The Morgan fingerprint density at radius 2 is 2.14 bits per heavy atom. The van der Waals surface area contributed by atoms with E-state index in [1.165, 1.54) is 30.4 Å². The van der Waals surface area contributed by atoms with Crippen molar-refractivity contribution in [3.05, 3.63) is 27.7 Å². The highest BCUT2D eigenvalue weighted by Crippen LogP contribution is 2.28. The second-order valence-electron chi connectivity index (χ2n) is 5.94. The van der Waals surface area contributed by atoms with Crippen LogP contribution in [-0.2, 0) is 4.79 Å². The molecule has 1 aliphatic rings. The van der Waals surface area contributed by atoms with Crippen LogP contribution in [0.4, 0.5) is 0 Å². The van der Waals surface area contributed by atoms with Gasteiger partial charge in [0.25, 0.3) is 0 Å². The number of hydrogen-bond donors (Lipinski definition) is 1. The number of rotatable bonds is 4. The molecule has 2 rings (SSSR count). The smallest absolute Gasteiger partial charge is 0.250 e. The molecule has 0 radical (unpaired) electrons. The molecule has 120 valence electrons. The van der Waals surface area contributed by atoms with E-state index in [9.17, 15) is 4.79 Å². The van der Waals surface area contributed by atoms with Crippen molar-refractivity contribution in [1.82, 2.24) is 5.43 Å². The Balaban J connectivity index is 1.88. The van der Waals surface area contributed by atoms with Gasteiger partial charge in [0.05, 0.1) is 5.75 Å². The highest BCUT2D eigenvalue weighted by Gasteiger charge is 2.16. The van der Waals surface area contributed by atoms with Crippen molar-refractivity contribution < 1.29 is 4.79 Å². The summed E-state index contributed by atoms with van der Waals surface area (Å²) in [5.41, 5.74) is 6.22. The lowest BCUT2D eigenvalue weighted by atomic mass is 9.89. The van der Waals surface area contributed by atoms with Crippen LogP contribution in [0.2, 0.25) is 0 Å². The van der Waals surface area contributed by atoms with Crippen LogP contribution in [0.3, 0.4) is 0 Å². The summed E-state index contributed by atoms with van der Waals surface area (Å²) in [5.74, 6) is 0.862. The van der Waals surface area contributed by atoms with Crippen molar-refractivity contribution >= 4 is 39.3 Å². The number of aryl methyl sites for hydroxylation is 2. The fraction of sp³-hybridized carbons (Fsp3) is 0.529. The third kappa shape index (κ3) is 4.85. The molecule has 0 saturated heterocycles. The number of nitrogens with zero attached hydrogens (tertiary/aromatic N) is 1. The van der Waals surface area contributed by atoms with Gasteiger partial charge in [-0.25, -0.2) is 5.43 Å². The number of carbonyl (C=O) groups excluding carboxylic acids is 1. The molecule has 1 aromatic carbocycles. The van der Waals surface area contributed by atoms with Crippen molar-refractivity contribution in [1.29, 1.82) is 0 Å². The molecule has 1 saturated carbocycles. The number of hydrogen-bond acceptors (Lipinski definition) is 3. The van der Waals surface area contributed by atoms with E-state index in [1.807, 2.05) is 0 Å². The summed E-state index contributed by atoms with van der Waals surface area (Å²) in [5, 5.41) is 4.33. The normalized spacial score (nSPS) is 20.2. The Labute approximate surface area is 145 Å². The number of halogens is 1. The molecule has 1 aromatic rings. The zero-order chi connectivity index (χ0) is 16.1. The first kappa shape index (κ1) is 17.5. The minimum absolute atomic E-state index is 0.0322. The van der Waals surface area contributed by atoms with E-state index < -0.39 is 0 Å². The Kier molecular flexibility index (Phi) is 6.50. The molecule has 0 aromatic heterocycles. The summed E-state index contributed by atoms with van der Waals surface area (Å²) in [6.45, 7) is 6.31. The molecule has 0 bridgehead atoms. The third-order valence-electron chi connectivity index (χ3n) is 4.03. The van der Waals surface area contributed by atoms with Gasteiger partial charge in [0.15, 0.2) is 0 Å². The number of benzene rings is 1. The van der Waals surface area contributed by atoms with Gasteiger partial charge < -0.3 is 0 Å². The summed E-state index contributed by atoms with van der Waals surface area (Å²) in [4.78, 5) is 13.1. The summed E-state index contributed by atoms with van der Waals surface area (Å²) >= 11 is 5.09. The van der Waals surface area contributed by atoms with Gasteiger partial charge in [-0.2, -0.15) is 5.10 Å². The second-order valence-corrected chi connectivity index (χ2v) is 7.81. The van der Waals surface area contributed by atoms with Gasteiger partial charge in [0.1, 0.15) is 0 Å². The molecular formula is C17H23BrN2OS. The minimum Gasteiger partial charge on any atom is -0.272 e. The zero-order valence-electron chi connectivity index (χ0n) is 13.4. The first-order chi connectivity index (χ1) is 10.5. The Hall–Kier alpha value is -0.810. The average molecular weight is 383 g/mol. The molecule has 0 aliphatic heterocycles. The Morgan fingerprint density at radius 3 is 2.86 bits per heavy atom. The second kappa shape index (κ2) is 8.16. The first-order valence-corrected chi connectivity index (χ1v) is 9.50. The van der Waals surface area contributed by atoms with E-state index in [2.05, 4.69) is 59.4 Å². The van der Waals surface area contributed by atoms with E-state index >= 15 is 0 Å². The van der Waals surface area contributed by atoms with Crippen LogP contribution in [-0.4, -0.2) is 17.4 Å². The van der Waals surface area contributed by atoms with Crippen LogP contribution in [0.1, 0.15) is 43.7 Å². The van der Waals surface area contributed by atoms with E-state index in [4.69, 9.17) is 0 Å². The van der Waals surface area contributed by atoms with Gasteiger partial charge in [-0.1, -0.05) is 29.3 Å². The topological polar surface area (TPSA) is 41.5 Å². The van der Waals surface area contributed by atoms with Crippen LogP contribution in [0.5, 0.6) is 0 Å². The van der Waals surface area contributed by atoms with E-state index in [0.717, 1.165) is 21.5 Å². The van der Waals surface area contributed by atoms with Crippen molar-refractivity contribution in [2.45, 2.75) is 51.3 Å². The van der Waals surface area contributed by atoms with E-state index in [1.54, 1.807) is 11.8 Å². The molecule has 3 nitrogen and oxygen atoms in total.